The molecule has 1 aromatic heterocycles. The summed E-state index contributed by atoms with van der Waals surface area (Å²) in [7, 11) is 0. The lowest BCUT2D eigenvalue weighted by atomic mass is 9.81. The average molecular weight is 549 g/mol. The third-order valence-electron chi connectivity index (χ3n) is 5.78. The lowest BCUT2D eigenvalue weighted by Gasteiger charge is -2.28. The minimum absolute atomic E-state index is 0.330. The van der Waals surface area contributed by atoms with Gasteiger partial charge in [-0.15, -0.1) is 0 Å². The number of hydrogen-bond donors (Lipinski definition) is 1. The number of carbonyl (C=O) groups is 1. The van der Waals surface area contributed by atoms with Crippen LogP contribution >= 0.6 is 46.6 Å². The van der Waals surface area contributed by atoms with E-state index in [-0.39, 0.29) is 5.82 Å². The van der Waals surface area contributed by atoms with E-state index in [1.54, 1.807) is 42.6 Å². The van der Waals surface area contributed by atoms with Gasteiger partial charge in [0.2, 0.25) is 5.91 Å². The van der Waals surface area contributed by atoms with E-state index < -0.39 is 11.3 Å². The van der Waals surface area contributed by atoms with Gasteiger partial charge in [0.1, 0.15) is 5.82 Å². The Morgan fingerprint density at radius 1 is 1.00 bits per heavy atom. The van der Waals surface area contributed by atoms with E-state index in [0.29, 0.717) is 31.5 Å². The van der Waals surface area contributed by atoms with E-state index in [1.807, 2.05) is 16.7 Å². The number of nitrogens with two attached hydrogens (primary N) is 1. The molecule has 0 saturated carbocycles. The summed E-state index contributed by atoms with van der Waals surface area (Å²) in [5, 5.41) is 2.15. The highest BCUT2D eigenvalue weighted by Gasteiger charge is 2.30. The smallest absolute Gasteiger partial charge is 0.248 e. The van der Waals surface area contributed by atoms with Crippen molar-refractivity contribution >= 4 is 52.5 Å². The summed E-state index contributed by atoms with van der Waals surface area (Å²) < 4.78 is 15.7. The van der Waals surface area contributed by atoms with Gasteiger partial charge >= 0.3 is 0 Å². The van der Waals surface area contributed by atoms with E-state index in [9.17, 15) is 9.18 Å². The molecule has 2 N–H and O–H groups in total. The molecule has 9 heteroatoms. The maximum Gasteiger partial charge on any atom is 0.248 e. The molecule has 0 aliphatic rings. The fraction of sp³-hybridized carbons (Fsp3) is 0.154. The molecule has 0 atom stereocenters. The molecule has 0 aliphatic carbocycles. The Morgan fingerprint density at radius 2 is 1.69 bits per heavy atom. The summed E-state index contributed by atoms with van der Waals surface area (Å²) >= 11 is 20.3. The largest absolute Gasteiger partial charge is 0.366 e. The van der Waals surface area contributed by atoms with E-state index in [2.05, 4.69) is 18.8 Å². The molecule has 3 aromatic carbocycles. The number of amides is 1. The van der Waals surface area contributed by atoms with Crippen LogP contribution in [-0.2, 0) is 11.2 Å². The first-order chi connectivity index (χ1) is 16.6. The molecule has 4 nitrogen and oxygen atoms in total. The van der Waals surface area contributed by atoms with Crippen LogP contribution in [0.3, 0.4) is 0 Å². The number of nitrogens with zero attached hydrogens (tertiary/aromatic N) is 2. The maximum absolute atomic E-state index is 13.7. The topological polar surface area (TPSA) is 60.9 Å². The zero-order valence-corrected chi connectivity index (χ0v) is 21.9. The second-order valence-electron chi connectivity index (χ2n) is 8.45. The number of halogens is 4. The van der Waals surface area contributed by atoms with Gasteiger partial charge in [0.25, 0.3) is 0 Å². The minimum atomic E-state index is -0.522. The van der Waals surface area contributed by atoms with Gasteiger partial charge in [0, 0.05) is 27.4 Å². The summed E-state index contributed by atoms with van der Waals surface area (Å²) in [5.41, 5.74) is 8.63. The van der Waals surface area contributed by atoms with Crippen LogP contribution in [0.4, 0.5) is 4.39 Å². The maximum atomic E-state index is 13.7. The number of rotatable bonds is 7. The van der Waals surface area contributed by atoms with Crippen molar-refractivity contribution in [2.75, 3.05) is 0 Å². The van der Waals surface area contributed by atoms with Gasteiger partial charge in [-0.2, -0.15) is 0 Å². The third-order valence-corrected chi connectivity index (χ3v) is 7.89. The van der Waals surface area contributed by atoms with Gasteiger partial charge in [-0.25, -0.2) is 9.37 Å². The number of hydrogen-bond acceptors (Lipinski definition) is 3. The SMILES string of the molecule is CC(C)(c1ccc(Cl)c(Cl)c1)c1cnc(SCc2cc(C(N)=O)ccc2Cl)n1-c1ccc(F)cc1. The third kappa shape index (κ3) is 5.36. The standard InChI is InChI=1S/C26H21Cl3FN3OS/c1-26(2,17-4-10-21(28)22(29)12-17)23-13-32-25(33(23)19-7-5-18(30)6-8-19)35-14-16-11-15(24(31)34)3-9-20(16)27/h3-13H,14H2,1-2H3,(H2,31,34). The molecule has 1 heterocycles. The molecular formula is C26H21Cl3FN3OS. The van der Waals surface area contributed by atoms with E-state index >= 15 is 0 Å². The summed E-state index contributed by atoms with van der Waals surface area (Å²) in [4.78, 5) is 16.3. The lowest BCUT2D eigenvalue weighted by Crippen LogP contribution is -2.23. The van der Waals surface area contributed by atoms with Gasteiger partial charge in [-0.1, -0.05) is 66.5 Å². The second kappa shape index (κ2) is 10.2. The predicted molar refractivity (Wildman–Crippen MR) is 142 cm³/mol. The Balaban J connectivity index is 1.78. The van der Waals surface area contributed by atoms with Gasteiger partial charge in [0.15, 0.2) is 5.16 Å². The van der Waals surface area contributed by atoms with Crippen molar-refractivity contribution < 1.29 is 9.18 Å². The summed E-state index contributed by atoms with van der Waals surface area (Å²) in [6, 6.07) is 16.7. The molecule has 1 amide bonds. The molecule has 4 aromatic rings. The highest BCUT2D eigenvalue weighted by atomic mass is 35.5. The van der Waals surface area contributed by atoms with Gasteiger partial charge in [0.05, 0.1) is 21.9 Å². The molecule has 0 fully saturated rings. The second-order valence-corrected chi connectivity index (χ2v) is 10.6. The highest BCUT2D eigenvalue weighted by Crippen LogP contribution is 2.39. The van der Waals surface area contributed by atoms with Crippen LogP contribution < -0.4 is 5.73 Å². The van der Waals surface area contributed by atoms with E-state index in [0.717, 1.165) is 22.5 Å². The minimum Gasteiger partial charge on any atom is -0.366 e. The average Bonchev–Trinajstić information content (AvgIpc) is 3.25. The quantitative estimate of drug-likeness (QED) is 0.241. The first kappa shape index (κ1) is 25.6. The van der Waals surface area contributed by atoms with E-state index in [1.165, 1.54) is 23.9 Å². The van der Waals surface area contributed by atoms with Crippen LogP contribution in [0.15, 0.2) is 72.0 Å². The molecule has 35 heavy (non-hydrogen) atoms. The first-order valence-corrected chi connectivity index (χ1v) is 12.7. The highest BCUT2D eigenvalue weighted by molar-refractivity contribution is 7.98. The molecule has 180 valence electrons. The fourth-order valence-electron chi connectivity index (χ4n) is 3.73. The number of benzene rings is 3. The van der Waals surface area contributed by atoms with Crippen LogP contribution in [0.1, 0.15) is 41.0 Å². The predicted octanol–water partition coefficient (Wildman–Crippen LogP) is 7.69. The molecule has 4 rings (SSSR count). The molecule has 0 aliphatic heterocycles. The van der Waals surface area contributed by atoms with E-state index in [4.69, 9.17) is 40.5 Å². The Labute approximate surface area is 222 Å². The Hall–Kier alpha value is -2.51. The van der Waals surface area contributed by atoms with Crippen molar-refractivity contribution in [3.63, 3.8) is 0 Å². The number of thioether (sulfide) groups is 1. The van der Waals surface area contributed by atoms with Crippen molar-refractivity contribution in [1.29, 1.82) is 0 Å². The normalized spacial score (nSPS) is 11.6. The van der Waals surface area contributed by atoms with Gasteiger partial charge in [-0.05, 0) is 65.7 Å². The monoisotopic (exact) mass is 547 g/mol. The first-order valence-electron chi connectivity index (χ1n) is 10.6. The Bertz CT molecular complexity index is 1400. The van der Waals surface area contributed by atoms with Crippen LogP contribution in [0, 0.1) is 5.82 Å². The van der Waals surface area contributed by atoms with Crippen molar-refractivity contribution in [2.24, 2.45) is 5.73 Å². The molecule has 0 spiro atoms. The number of primary amides is 1. The molecule has 0 radical (unpaired) electrons. The zero-order valence-electron chi connectivity index (χ0n) is 18.9. The van der Waals surface area contributed by atoms with Crippen LogP contribution in [0.5, 0.6) is 0 Å². The lowest BCUT2D eigenvalue weighted by molar-refractivity contribution is 0.1000. The fourth-order valence-corrected chi connectivity index (χ4v) is 5.28. The molecule has 0 saturated heterocycles. The van der Waals surface area contributed by atoms with Crippen molar-refractivity contribution in [2.45, 2.75) is 30.2 Å². The van der Waals surface area contributed by atoms with Gasteiger partial charge in [-0.3, -0.25) is 9.36 Å². The van der Waals surface area contributed by atoms with Crippen molar-refractivity contribution in [3.8, 4) is 5.69 Å². The molecule has 0 unspecified atom stereocenters. The summed E-state index contributed by atoms with van der Waals surface area (Å²) in [5.74, 6) is -0.403. The van der Waals surface area contributed by atoms with Crippen LogP contribution in [0.25, 0.3) is 5.69 Å². The number of carbonyl (C=O) groups excluding carboxylic acids is 1. The summed E-state index contributed by atoms with van der Waals surface area (Å²) in [6.07, 6.45) is 1.80. The van der Waals surface area contributed by atoms with Crippen molar-refractivity contribution in [1.82, 2.24) is 9.55 Å². The molecule has 0 bridgehead atoms. The number of imidazole rings is 1. The zero-order chi connectivity index (χ0) is 25.3. The Kier molecular flexibility index (Phi) is 7.48. The number of aromatic nitrogens is 2. The Morgan fingerprint density at radius 3 is 2.34 bits per heavy atom. The van der Waals surface area contributed by atoms with Gasteiger partial charge < -0.3 is 5.73 Å². The molecular weight excluding hydrogens is 528 g/mol. The summed E-state index contributed by atoms with van der Waals surface area (Å²) in [6.45, 7) is 4.12. The van der Waals surface area contributed by atoms with Crippen LogP contribution in [0.2, 0.25) is 15.1 Å². The van der Waals surface area contributed by atoms with Crippen LogP contribution in [-0.4, -0.2) is 15.5 Å². The van der Waals surface area contributed by atoms with Crippen molar-refractivity contribution in [3.05, 3.63) is 110 Å².